The highest BCUT2D eigenvalue weighted by molar-refractivity contribution is 5.95. The van der Waals surface area contributed by atoms with Crippen LogP contribution in [0.1, 0.15) is 18.4 Å². The topological polar surface area (TPSA) is 55.6 Å². The van der Waals surface area contributed by atoms with Gasteiger partial charge in [0.2, 0.25) is 5.91 Å². The summed E-state index contributed by atoms with van der Waals surface area (Å²) in [6.45, 7) is 4.55. The Morgan fingerprint density at radius 3 is 2.74 bits per heavy atom. The summed E-state index contributed by atoms with van der Waals surface area (Å²) in [5.74, 6) is 0.161. The van der Waals surface area contributed by atoms with Gasteiger partial charge in [-0.25, -0.2) is 0 Å². The summed E-state index contributed by atoms with van der Waals surface area (Å²) in [5.41, 5.74) is 7.72. The minimum absolute atomic E-state index is 0.000854. The smallest absolute Gasteiger partial charge is 0.232 e. The first-order valence-electron chi connectivity index (χ1n) is 6.88. The molecule has 104 valence electrons. The average Bonchev–Trinajstić information content (AvgIpc) is 2.95. The zero-order valence-electron chi connectivity index (χ0n) is 11.5. The molecule has 1 aliphatic rings. The van der Waals surface area contributed by atoms with Gasteiger partial charge in [-0.1, -0.05) is 17.7 Å². The van der Waals surface area contributed by atoms with Gasteiger partial charge < -0.3 is 15.4 Å². The van der Waals surface area contributed by atoms with Crippen LogP contribution < -0.4 is 10.6 Å². The first-order chi connectivity index (χ1) is 9.22. The van der Waals surface area contributed by atoms with Crippen LogP contribution in [-0.4, -0.2) is 32.2 Å². The Bertz CT molecular complexity index is 411. The quantitative estimate of drug-likeness (QED) is 0.879. The molecule has 4 nitrogen and oxygen atoms in total. The molecule has 1 atom stereocenters. The Morgan fingerprint density at radius 2 is 2.16 bits per heavy atom. The third kappa shape index (κ3) is 3.55. The van der Waals surface area contributed by atoms with Gasteiger partial charge in [0.05, 0.1) is 12.5 Å². The number of aryl methyl sites for hydroxylation is 1. The van der Waals surface area contributed by atoms with Gasteiger partial charge in [-0.3, -0.25) is 4.79 Å². The fourth-order valence-electron chi connectivity index (χ4n) is 2.29. The van der Waals surface area contributed by atoms with Gasteiger partial charge >= 0.3 is 0 Å². The number of hydrogen-bond donors (Lipinski definition) is 1. The van der Waals surface area contributed by atoms with E-state index in [0.717, 1.165) is 18.5 Å². The van der Waals surface area contributed by atoms with Crippen molar-refractivity contribution < 1.29 is 9.53 Å². The van der Waals surface area contributed by atoms with Gasteiger partial charge in [-0.2, -0.15) is 0 Å². The summed E-state index contributed by atoms with van der Waals surface area (Å²) in [7, 11) is 0. The van der Waals surface area contributed by atoms with E-state index in [1.165, 1.54) is 5.56 Å². The van der Waals surface area contributed by atoms with Crippen molar-refractivity contribution in [3.63, 3.8) is 0 Å². The standard InChI is InChI=1S/C15H22N2O2/c1-12-3-5-14(6-4-12)17(9-2-8-16)15(18)13-7-10-19-11-13/h3-6,13H,2,7-11,16H2,1H3. The van der Waals surface area contributed by atoms with Crippen LogP contribution in [0.4, 0.5) is 5.69 Å². The first kappa shape index (κ1) is 14.0. The number of rotatable bonds is 5. The lowest BCUT2D eigenvalue weighted by Crippen LogP contribution is -2.38. The van der Waals surface area contributed by atoms with Crippen LogP contribution >= 0.6 is 0 Å². The van der Waals surface area contributed by atoms with E-state index >= 15 is 0 Å². The number of hydrogen-bond acceptors (Lipinski definition) is 3. The van der Waals surface area contributed by atoms with Gasteiger partial charge in [0.25, 0.3) is 0 Å². The molecule has 1 heterocycles. The largest absolute Gasteiger partial charge is 0.381 e. The highest BCUT2D eigenvalue weighted by Gasteiger charge is 2.28. The number of carbonyl (C=O) groups is 1. The second-order valence-electron chi connectivity index (χ2n) is 5.03. The van der Waals surface area contributed by atoms with E-state index in [1.807, 2.05) is 36.1 Å². The van der Waals surface area contributed by atoms with E-state index in [4.69, 9.17) is 10.5 Å². The lowest BCUT2D eigenvalue weighted by Gasteiger charge is -2.25. The van der Waals surface area contributed by atoms with E-state index in [0.29, 0.717) is 26.3 Å². The van der Waals surface area contributed by atoms with Crippen molar-refractivity contribution in [3.05, 3.63) is 29.8 Å². The van der Waals surface area contributed by atoms with Crippen molar-refractivity contribution in [3.8, 4) is 0 Å². The number of nitrogens with zero attached hydrogens (tertiary/aromatic N) is 1. The molecule has 2 N–H and O–H groups in total. The van der Waals surface area contributed by atoms with Crippen LogP contribution in [0.25, 0.3) is 0 Å². The van der Waals surface area contributed by atoms with Crippen molar-refractivity contribution in [1.82, 2.24) is 0 Å². The fourth-order valence-corrected chi connectivity index (χ4v) is 2.29. The zero-order valence-corrected chi connectivity index (χ0v) is 11.5. The molecule has 1 amide bonds. The van der Waals surface area contributed by atoms with E-state index in [2.05, 4.69) is 0 Å². The molecule has 0 bridgehead atoms. The summed E-state index contributed by atoms with van der Waals surface area (Å²) in [4.78, 5) is 14.4. The SMILES string of the molecule is Cc1ccc(N(CCCN)C(=O)C2CCOC2)cc1. The molecule has 0 aliphatic carbocycles. The first-order valence-corrected chi connectivity index (χ1v) is 6.88. The Kier molecular flexibility index (Phi) is 4.93. The van der Waals surface area contributed by atoms with E-state index in [1.54, 1.807) is 0 Å². The predicted octanol–water partition coefficient (Wildman–Crippen LogP) is 1.71. The second-order valence-corrected chi connectivity index (χ2v) is 5.03. The molecule has 1 saturated heterocycles. The van der Waals surface area contributed by atoms with Crippen LogP contribution in [-0.2, 0) is 9.53 Å². The molecular weight excluding hydrogens is 240 g/mol. The Balaban J connectivity index is 2.14. The van der Waals surface area contributed by atoms with E-state index in [9.17, 15) is 4.79 Å². The lowest BCUT2D eigenvalue weighted by molar-refractivity contribution is -0.122. The molecule has 0 aromatic heterocycles. The maximum atomic E-state index is 12.5. The molecule has 0 saturated carbocycles. The highest BCUT2D eigenvalue weighted by Crippen LogP contribution is 2.22. The van der Waals surface area contributed by atoms with Crippen LogP contribution in [0.3, 0.4) is 0 Å². The molecular formula is C15H22N2O2. The Morgan fingerprint density at radius 1 is 1.42 bits per heavy atom. The predicted molar refractivity (Wildman–Crippen MR) is 76.1 cm³/mol. The third-order valence-electron chi connectivity index (χ3n) is 3.48. The Labute approximate surface area is 114 Å². The van der Waals surface area contributed by atoms with Crippen molar-refractivity contribution in [2.24, 2.45) is 11.7 Å². The van der Waals surface area contributed by atoms with Gasteiger partial charge in [-0.15, -0.1) is 0 Å². The number of carbonyl (C=O) groups excluding carboxylic acids is 1. The monoisotopic (exact) mass is 262 g/mol. The molecule has 1 fully saturated rings. The normalized spacial score (nSPS) is 18.5. The molecule has 19 heavy (non-hydrogen) atoms. The molecule has 0 spiro atoms. The van der Waals surface area contributed by atoms with Crippen molar-refractivity contribution in [2.45, 2.75) is 19.8 Å². The van der Waals surface area contributed by atoms with Gasteiger partial charge in [0.15, 0.2) is 0 Å². The lowest BCUT2D eigenvalue weighted by atomic mass is 10.1. The molecule has 1 aromatic rings. The third-order valence-corrected chi connectivity index (χ3v) is 3.48. The summed E-state index contributed by atoms with van der Waals surface area (Å²) in [5, 5.41) is 0. The summed E-state index contributed by atoms with van der Waals surface area (Å²) < 4.78 is 5.32. The second kappa shape index (κ2) is 6.68. The average molecular weight is 262 g/mol. The van der Waals surface area contributed by atoms with Crippen molar-refractivity contribution in [2.75, 3.05) is 31.2 Å². The number of ether oxygens (including phenoxy) is 1. The van der Waals surface area contributed by atoms with E-state index in [-0.39, 0.29) is 11.8 Å². The van der Waals surface area contributed by atoms with Crippen molar-refractivity contribution in [1.29, 1.82) is 0 Å². The molecule has 1 aliphatic heterocycles. The van der Waals surface area contributed by atoms with Crippen LogP contribution in [0.15, 0.2) is 24.3 Å². The molecule has 0 radical (unpaired) electrons. The number of benzene rings is 1. The summed E-state index contributed by atoms with van der Waals surface area (Å²) in [6.07, 6.45) is 1.64. The fraction of sp³-hybridized carbons (Fsp3) is 0.533. The Hall–Kier alpha value is -1.39. The molecule has 2 rings (SSSR count). The van der Waals surface area contributed by atoms with Gasteiger partial charge in [0.1, 0.15) is 0 Å². The summed E-state index contributed by atoms with van der Waals surface area (Å²) >= 11 is 0. The molecule has 1 aromatic carbocycles. The highest BCUT2D eigenvalue weighted by atomic mass is 16.5. The number of anilines is 1. The molecule has 1 unspecified atom stereocenters. The number of nitrogens with two attached hydrogens (primary N) is 1. The van der Waals surface area contributed by atoms with E-state index < -0.39 is 0 Å². The van der Waals surface area contributed by atoms with Crippen LogP contribution in [0.5, 0.6) is 0 Å². The minimum atomic E-state index is -0.000854. The van der Waals surface area contributed by atoms with Crippen LogP contribution in [0.2, 0.25) is 0 Å². The summed E-state index contributed by atoms with van der Waals surface area (Å²) in [6, 6.07) is 8.06. The zero-order chi connectivity index (χ0) is 13.7. The molecule has 4 heteroatoms. The van der Waals surface area contributed by atoms with Crippen LogP contribution in [0, 0.1) is 12.8 Å². The van der Waals surface area contributed by atoms with Gasteiger partial charge in [-0.05, 0) is 38.4 Å². The minimum Gasteiger partial charge on any atom is -0.381 e. The maximum absolute atomic E-state index is 12.5. The van der Waals surface area contributed by atoms with Crippen molar-refractivity contribution >= 4 is 11.6 Å². The maximum Gasteiger partial charge on any atom is 0.232 e. The van der Waals surface area contributed by atoms with Gasteiger partial charge in [0, 0.05) is 18.8 Å². The number of amides is 1.